The Hall–Kier alpha value is -2.03. The first kappa shape index (κ1) is 11.5. The summed E-state index contributed by atoms with van der Waals surface area (Å²) in [4.78, 5) is 11.2. The summed E-state index contributed by atoms with van der Waals surface area (Å²) in [5.41, 5.74) is 2.47. The number of carboxylic acid groups (broad SMARTS) is 1. The van der Waals surface area contributed by atoms with Crippen molar-refractivity contribution >= 4 is 16.9 Å². The van der Waals surface area contributed by atoms with Gasteiger partial charge < -0.3 is 9.67 Å². The molecule has 3 nitrogen and oxygen atoms in total. The number of rotatable bonds is 4. The van der Waals surface area contributed by atoms with E-state index in [9.17, 15) is 4.79 Å². The van der Waals surface area contributed by atoms with Crippen molar-refractivity contribution in [1.29, 1.82) is 0 Å². The lowest BCUT2D eigenvalue weighted by atomic mass is 10.1. The number of fused-ring (bicyclic) bond motifs is 1. The van der Waals surface area contributed by atoms with Gasteiger partial charge in [-0.05, 0) is 30.2 Å². The minimum Gasteiger partial charge on any atom is -0.477 e. The van der Waals surface area contributed by atoms with Crippen LogP contribution < -0.4 is 0 Å². The van der Waals surface area contributed by atoms with Gasteiger partial charge in [-0.2, -0.15) is 0 Å². The number of carbonyl (C=O) groups is 1. The minimum atomic E-state index is -0.902. The molecule has 1 aromatic heterocycles. The predicted octanol–water partition coefficient (Wildman–Crippen LogP) is 3.09. The fraction of sp³-hybridized carbons (Fsp3) is 0.214. The van der Waals surface area contributed by atoms with Crippen molar-refractivity contribution in [3.8, 4) is 0 Å². The van der Waals surface area contributed by atoms with Crippen LogP contribution in [0.2, 0.25) is 0 Å². The number of aromatic nitrogens is 1. The van der Waals surface area contributed by atoms with Gasteiger partial charge in [-0.1, -0.05) is 19.1 Å². The molecule has 0 spiro atoms. The van der Waals surface area contributed by atoms with Crippen molar-refractivity contribution in [3.63, 3.8) is 0 Å². The highest BCUT2D eigenvalue weighted by Crippen LogP contribution is 2.22. The molecule has 1 heterocycles. The Morgan fingerprint density at radius 3 is 2.82 bits per heavy atom. The highest BCUT2D eigenvalue weighted by molar-refractivity contribution is 5.94. The molecular formula is C14H15NO2. The van der Waals surface area contributed by atoms with Crippen molar-refractivity contribution in [2.75, 3.05) is 0 Å². The molecule has 2 aromatic rings. The van der Waals surface area contributed by atoms with Gasteiger partial charge in [-0.25, -0.2) is 4.79 Å². The summed E-state index contributed by atoms with van der Waals surface area (Å²) in [7, 11) is 0. The van der Waals surface area contributed by atoms with Gasteiger partial charge in [0, 0.05) is 17.4 Å². The molecule has 0 saturated heterocycles. The second-order valence-electron chi connectivity index (χ2n) is 3.98. The lowest BCUT2D eigenvalue weighted by molar-refractivity contribution is 0.0686. The Bertz CT molecular complexity index is 581. The standard InChI is InChI=1S/C14H15NO2/c1-3-7-15-12-6-5-10(4-2)8-11(12)9-13(15)14(16)17/h3,5-6,8-9H,1,4,7H2,2H3,(H,16,17). The second kappa shape index (κ2) is 4.45. The molecule has 0 bridgehead atoms. The van der Waals surface area contributed by atoms with Gasteiger partial charge >= 0.3 is 5.97 Å². The number of benzene rings is 1. The number of aromatic carboxylic acids is 1. The predicted molar refractivity (Wildman–Crippen MR) is 68.5 cm³/mol. The molecule has 0 atom stereocenters. The first-order valence-corrected chi connectivity index (χ1v) is 5.63. The third-order valence-corrected chi connectivity index (χ3v) is 2.90. The molecule has 0 aliphatic carbocycles. The normalized spacial score (nSPS) is 10.6. The van der Waals surface area contributed by atoms with Crippen LogP contribution in [-0.2, 0) is 13.0 Å². The Kier molecular flexibility index (Phi) is 3.00. The van der Waals surface area contributed by atoms with Crippen LogP contribution in [0.3, 0.4) is 0 Å². The largest absolute Gasteiger partial charge is 0.477 e. The molecule has 1 aromatic carbocycles. The molecule has 2 rings (SSSR count). The summed E-state index contributed by atoms with van der Waals surface area (Å²) in [6.07, 6.45) is 2.66. The van der Waals surface area contributed by atoms with E-state index < -0.39 is 5.97 Å². The average Bonchev–Trinajstić information content (AvgIpc) is 2.68. The number of nitrogens with zero attached hydrogens (tertiary/aromatic N) is 1. The van der Waals surface area contributed by atoms with Crippen molar-refractivity contribution in [3.05, 3.63) is 48.2 Å². The van der Waals surface area contributed by atoms with E-state index in [4.69, 9.17) is 5.11 Å². The monoisotopic (exact) mass is 229 g/mol. The van der Waals surface area contributed by atoms with Crippen LogP contribution in [0.1, 0.15) is 23.0 Å². The third kappa shape index (κ3) is 1.96. The summed E-state index contributed by atoms with van der Waals surface area (Å²) < 4.78 is 1.77. The molecule has 0 saturated carbocycles. The van der Waals surface area contributed by atoms with Crippen LogP contribution in [0.25, 0.3) is 10.9 Å². The lowest BCUT2D eigenvalue weighted by Gasteiger charge is -2.05. The first-order chi connectivity index (χ1) is 8.17. The van der Waals surface area contributed by atoms with Crippen LogP contribution in [0.15, 0.2) is 36.9 Å². The zero-order chi connectivity index (χ0) is 12.4. The SMILES string of the molecule is C=CCn1c(C(=O)O)cc2cc(CC)ccc21. The van der Waals surface area contributed by atoms with E-state index in [1.165, 1.54) is 5.56 Å². The van der Waals surface area contributed by atoms with Crippen molar-refractivity contribution in [2.24, 2.45) is 0 Å². The van der Waals surface area contributed by atoms with E-state index in [0.717, 1.165) is 17.3 Å². The highest BCUT2D eigenvalue weighted by Gasteiger charge is 2.13. The molecule has 0 unspecified atom stereocenters. The lowest BCUT2D eigenvalue weighted by Crippen LogP contribution is -2.06. The molecule has 17 heavy (non-hydrogen) atoms. The summed E-state index contributed by atoms with van der Waals surface area (Å²) in [5.74, 6) is -0.902. The highest BCUT2D eigenvalue weighted by atomic mass is 16.4. The number of carboxylic acids is 1. The minimum absolute atomic E-state index is 0.313. The number of aryl methyl sites for hydroxylation is 1. The van der Waals surface area contributed by atoms with Crippen molar-refractivity contribution < 1.29 is 9.90 Å². The topological polar surface area (TPSA) is 42.2 Å². The summed E-state index contributed by atoms with van der Waals surface area (Å²) in [6, 6.07) is 7.78. The van der Waals surface area contributed by atoms with Gasteiger partial charge in [0.2, 0.25) is 0 Å². The van der Waals surface area contributed by atoms with Crippen molar-refractivity contribution in [2.45, 2.75) is 19.9 Å². The van der Waals surface area contributed by atoms with Gasteiger partial charge in [0.05, 0.1) is 0 Å². The van der Waals surface area contributed by atoms with Gasteiger partial charge in [-0.15, -0.1) is 6.58 Å². The van der Waals surface area contributed by atoms with E-state index in [-0.39, 0.29) is 0 Å². The van der Waals surface area contributed by atoms with Crippen LogP contribution in [0.4, 0.5) is 0 Å². The molecular weight excluding hydrogens is 214 g/mol. The Balaban J connectivity index is 2.69. The smallest absolute Gasteiger partial charge is 0.352 e. The maximum Gasteiger partial charge on any atom is 0.352 e. The van der Waals surface area contributed by atoms with Crippen LogP contribution in [-0.4, -0.2) is 15.6 Å². The fourth-order valence-corrected chi connectivity index (χ4v) is 2.04. The molecule has 1 N–H and O–H groups in total. The summed E-state index contributed by atoms with van der Waals surface area (Å²) >= 11 is 0. The number of hydrogen-bond donors (Lipinski definition) is 1. The summed E-state index contributed by atoms with van der Waals surface area (Å²) in [5, 5.41) is 10.1. The second-order valence-corrected chi connectivity index (χ2v) is 3.98. The Morgan fingerprint density at radius 1 is 1.47 bits per heavy atom. The van der Waals surface area contributed by atoms with Gasteiger partial charge in [0.15, 0.2) is 0 Å². The maximum atomic E-state index is 11.2. The zero-order valence-electron chi connectivity index (χ0n) is 9.81. The van der Waals surface area contributed by atoms with E-state index in [0.29, 0.717) is 12.2 Å². The molecule has 0 fully saturated rings. The zero-order valence-corrected chi connectivity index (χ0v) is 9.81. The molecule has 88 valence electrons. The van der Waals surface area contributed by atoms with Crippen LogP contribution in [0, 0.1) is 0 Å². The van der Waals surface area contributed by atoms with Crippen LogP contribution >= 0.6 is 0 Å². The number of allylic oxidation sites excluding steroid dienone is 1. The quantitative estimate of drug-likeness (QED) is 0.818. The van der Waals surface area contributed by atoms with Gasteiger partial charge in [-0.3, -0.25) is 0 Å². The van der Waals surface area contributed by atoms with E-state index in [2.05, 4.69) is 13.5 Å². The van der Waals surface area contributed by atoms with Gasteiger partial charge in [0.25, 0.3) is 0 Å². The van der Waals surface area contributed by atoms with Crippen LogP contribution in [0.5, 0.6) is 0 Å². The molecule has 0 amide bonds. The van der Waals surface area contributed by atoms with Crippen molar-refractivity contribution in [1.82, 2.24) is 4.57 Å². The van der Waals surface area contributed by atoms with E-state index >= 15 is 0 Å². The third-order valence-electron chi connectivity index (χ3n) is 2.90. The van der Waals surface area contributed by atoms with Gasteiger partial charge in [0.1, 0.15) is 5.69 Å². The molecule has 0 aliphatic rings. The summed E-state index contributed by atoms with van der Waals surface area (Å²) in [6.45, 7) is 6.26. The number of hydrogen-bond acceptors (Lipinski definition) is 1. The fourth-order valence-electron chi connectivity index (χ4n) is 2.04. The molecule has 0 aliphatic heterocycles. The first-order valence-electron chi connectivity index (χ1n) is 5.63. The van der Waals surface area contributed by atoms with E-state index in [1.807, 2.05) is 18.2 Å². The molecule has 3 heteroatoms. The molecule has 0 radical (unpaired) electrons. The Morgan fingerprint density at radius 2 is 2.24 bits per heavy atom. The maximum absolute atomic E-state index is 11.2. The average molecular weight is 229 g/mol. The van der Waals surface area contributed by atoms with E-state index in [1.54, 1.807) is 16.7 Å². The Labute approximate surface area is 100.0 Å².